The van der Waals surface area contributed by atoms with Gasteiger partial charge in [-0.2, -0.15) is 0 Å². The van der Waals surface area contributed by atoms with E-state index < -0.39 is 6.17 Å². The summed E-state index contributed by atoms with van der Waals surface area (Å²) in [5.74, 6) is 3.80. The number of anilines is 1. The Morgan fingerprint density at radius 1 is 0.660 bits per heavy atom. The Morgan fingerprint density at radius 2 is 1.28 bits per heavy atom. The van der Waals surface area contributed by atoms with Crippen LogP contribution in [0.25, 0.3) is 0 Å². The lowest BCUT2D eigenvalue weighted by Crippen LogP contribution is -2.38. The van der Waals surface area contributed by atoms with Gasteiger partial charge in [0.05, 0.1) is 53.9 Å². The van der Waals surface area contributed by atoms with E-state index in [-0.39, 0.29) is 25.2 Å². The highest BCUT2D eigenvalue weighted by Gasteiger charge is 2.29. The van der Waals surface area contributed by atoms with Gasteiger partial charge in [-0.15, -0.1) is 0 Å². The molecule has 4 aromatic carbocycles. The molecule has 4 aromatic rings. The summed E-state index contributed by atoms with van der Waals surface area (Å²) in [6, 6.07) is 20.2. The summed E-state index contributed by atoms with van der Waals surface area (Å²) in [5.41, 5.74) is 4.47. The second-order valence-corrected chi connectivity index (χ2v) is 11.2. The van der Waals surface area contributed by atoms with Crippen molar-refractivity contribution in [1.29, 1.82) is 0 Å². The number of nitrogens with zero attached hydrogens (tertiary/aromatic N) is 1. The van der Waals surface area contributed by atoms with Crippen LogP contribution in [0.2, 0.25) is 0 Å². The molecule has 2 heterocycles. The second-order valence-electron chi connectivity index (χ2n) is 11.2. The van der Waals surface area contributed by atoms with Crippen LogP contribution in [-0.4, -0.2) is 67.5 Å². The van der Waals surface area contributed by atoms with E-state index in [9.17, 15) is 4.79 Å². The Labute approximate surface area is 289 Å². The zero-order chi connectivity index (χ0) is 35.2. The van der Waals surface area contributed by atoms with E-state index in [2.05, 4.69) is 15.8 Å². The van der Waals surface area contributed by atoms with Gasteiger partial charge in [0.25, 0.3) is 5.91 Å². The Balaban J connectivity index is 1.10. The van der Waals surface area contributed by atoms with Crippen LogP contribution in [0.4, 0.5) is 5.69 Å². The third-order valence-corrected chi connectivity index (χ3v) is 8.38. The summed E-state index contributed by atoms with van der Waals surface area (Å²) >= 11 is 0. The number of carbonyl (C=O) groups excluding carboxylic acids is 1. The van der Waals surface area contributed by atoms with Gasteiger partial charge in [-0.05, 0) is 54.1 Å². The molecule has 50 heavy (non-hydrogen) atoms. The summed E-state index contributed by atoms with van der Waals surface area (Å²) in [5, 5.41) is 10.7. The van der Waals surface area contributed by atoms with Crippen LogP contribution in [0.15, 0.2) is 71.9 Å². The molecule has 0 saturated heterocycles. The maximum Gasteiger partial charge on any atom is 0.255 e. The highest BCUT2D eigenvalue weighted by molar-refractivity contribution is 6.02. The number of carbonyl (C=O) groups is 1. The van der Waals surface area contributed by atoms with Crippen molar-refractivity contribution >= 4 is 17.3 Å². The van der Waals surface area contributed by atoms with E-state index in [0.29, 0.717) is 63.7 Å². The molecule has 2 aliphatic heterocycles. The molecule has 0 aliphatic carbocycles. The zero-order valence-corrected chi connectivity index (χ0v) is 28.7. The van der Waals surface area contributed by atoms with Crippen molar-refractivity contribution in [2.75, 3.05) is 61.2 Å². The molecule has 1 amide bonds. The second kappa shape index (κ2) is 15.1. The van der Waals surface area contributed by atoms with E-state index in [0.717, 1.165) is 22.4 Å². The third kappa shape index (κ3) is 6.79. The first-order valence-corrected chi connectivity index (χ1v) is 15.8. The lowest BCUT2D eigenvalue weighted by Gasteiger charge is -2.28. The van der Waals surface area contributed by atoms with Gasteiger partial charge >= 0.3 is 0 Å². The number of fused-ring (bicyclic) bond motifs is 1. The molecule has 0 fully saturated rings. The summed E-state index contributed by atoms with van der Waals surface area (Å²) in [4.78, 5) is 18.5. The molecule has 0 radical (unpaired) electrons. The molecule has 262 valence electrons. The molecule has 2 N–H and O–H groups in total. The van der Waals surface area contributed by atoms with E-state index in [1.165, 1.54) is 0 Å². The Hall–Kier alpha value is -5.98. The summed E-state index contributed by atoms with van der Waals surface area (Å²) in [7, 11) is 9.37. The molecule has 2 unspecified atom stereocenters. The van der Waals surface area contributed by atoms with Gasteiger partial charge in [0.1, 0.15) is 19.4 Å². The van der Waals surface area contributed by atoms with Crippen molar-refractivity contribution in [2.45, 2.75) is 18.7 Å². The van der Waals surface area contributed by atoms with E-state index in [1.54, 1.807) is 54.8 Å². The van der Waals surface area contributed by atoms with Crippen molar-refractivity contribution in [3.8, 4) is 46.0 Å². The number of para-hydroxylation sites is 1. The fourth-order valence-corrected chi connectivity index (χ4v) is 5.86. The number of methoxy groups -OCH3 is 6. The maximum atomic E-state index is 12.6. The topological polar surface area (TPSA) is 137 Å². The Kier molecular flexibility index (Phi) is 10.2. The first-order valence-electron chi connectivity index (χ1n) is 15.8. The highest BCUT2D eigenvalue weighted by Crippen LogP contribution is 2.44. The van der Waals surface area contributed by atoms with Crippen molar-refractivity contribution in [2.24, 2.45) is 5.16 Å². The summed E-state index contributed by atoms with van der Waals surface area (Å²) in [6.07, 6.45) is -0.311. The van der Waals surface area contributed by atoms with Crippen molar-refractivity contribution in [1.82, 2.24) is 5.32 Å². The first kappa shape index (κ1) is 33.9. The van der Waals surface area contributed by atoms with E-state index >= 15 is 0 Å². The van der Waals surface area contributed by atoms with Crippen LogP contribution >= 0.6 is 0 Å². The minimum atomic E-state index is -0.422. The molecular formula is C37H39N3O10. The van der Waals surface area contributed by atoms with Crippen LogP contribution in [0, 0.1) is 0 Å². The van der Waals surface area contributed by atoms with Crippen LogP contribution in [0.3, 0.4) is 0 Å². The van der Waals surface area contributed by atoms with Gasteiger partial charge < -0.3 is 53.4 Å². The largest absolute Gasteiger partial charge is 0.493 e. The van der Waals surface area contributed by atoms with Gasteiger partial charge in [0.15, 0.2) is 40.6 Å². The fourth-order valence-electron chi connectivity index (χ4n) is 5.86. The standard InChI is InChI=1S/C37H39N3O10/c1-42-29-15-21(36-38-25-10-8-7-9-24(25)37(41)39-36)11-12-27(29)48-13-14-49-35-32(45-4)16-22(17-33(35)46-5)26-20-28(50-40-26)23-18-30(43-2)34(47-6)31(19-23)44-3/h7-12,15-19,28,36,38H,13-14,20H2,1-6H3,(H,39,41). The average Bonchev–Trinajstić information content (AvgIpc) is 3.66. The number of hydrogen-bond donors (Lipinski definition) is 2. The number of benzene rings is 4. The Morgan fingerprint density at radius 3 is 1.94 bits per heavy atom. The molecular weight excluding hydrogens is 646 g/mol. The summed E-state index contributed by atoms with van der Waals surface area (Å²) < 4.78 is 45.6. The van der Waals surface area contributed by atoms with Crippen LogP contribution in [-0.2, 0) is 4.84 Å². The van der Waals surface area contributed by atoms with E-state index in [4.69, 9.17) is 42.7 Å². The van der Waals surface area contributed by atoms with Gasteiger partial charge in [-0.25, -0.2) is 0 Å². The van der Waals surface area contributed by atoms with Crippen LogP contribution in [0.5, 0.6) is 46.0 Å². The Bertz CT molecular complexity index is 1850. The van der Waals surface area contributed by atoms with E-state index in [1.807, 2.05) is 54.6 Å². The van der Waals surface area contributed by atoms with Crippen molar-refractivity contribution in [3.05, 3.63) is 89.0 Å². The molecule has 13 heteroatoms. The minimum absolute atomic E-state index is 0.149. The molecule has 13 nitrogen and oxygen atoms in total. The summed E-state index contributed by atoms with van der Waals surface area (Å²) in [6.45, 7) is 0.383. The SMILES string of the molecule is COc1cc(C2NC(=O)c3ccccc3N2)ccc1OCCOc1c(OC)cc(C2=NOC(c3cc(OC)c(OC)c(OC)c3)C2)cc1OC. The van der Waals surface area contributed by atoms with Crippen molar-refractivity contribution < 1.29 is 47.5 Å². The molecule has 0 bridgehead atoms. The van der Waals surface area contributed by atoms with Gasteiger partial charge in [-0.3, -0.25) is 4.79 Å². The molecule has 2 aliphatic rings. The molecule has 6 rings (SSSR count). The third-order valence-electron chi connectivity index (χ3n) is 8.38. The van der Waals surface area contributed by atoms with Crippen LogP contribution in [0.1, 0.15) is 45.7 Å². The quantitative estimate of drug-likeness (QED) is 0.153. The monoisotopic (exact) mass is 685 g/mol. The molecule has 0 saturated carbocycles. The number of ether oxygens (including phenoxy) is 8. The van der Waals surface area contributed by atoms with Gasteiger partial charge in [-0.1, -0.05) is 23.4 Å². The average molecular weight is 686 g/mol. The minimum Gasteiger partial charge on any atom is -0.493 e. The smallest absolute Gasteiger partial charge is 0.255 e. The zero-order valence-electron chi connectivity index (χ0n) is 28.7. The first-order chi connectivity index (χ1) is 24.4. The predicted molar refractivity (Wildman–Crippen MR) is 185 cm³/mol. The molecule has 0 aromatic heterocycles. The fraction of sp³-hybridized carbons (Fsp3) is 0.297. The number of amides is 1. The number of nitrogens with one attached hydrogen (secondary N) is 2. The van der Waals surface area contributed by atoms with Crippen LogP contribution < -0.4 is 48.5 Å². The predicted octanol–water partition coefficient (Wildman–Crippen LogP) is 5.92. The maximum absolute atomic E-state index is 12.6. The molecule has 2 atom stereocenters. The lowest BCUT2D eigenvalue weighted by atomic mass is 9.99. The number of hydrogen-bond acceptors (Lipinski definition) is 12. The number of rotatable bonds is 14. The van der Waals surface area contributed by atoms with Gasteiger partial charge in [0, 0.05) is 23.2 Å². The van der Waals surface area contributed by atoms with Crippen molar-refractivity contribution in [3.63, 3.8) is 0 Å². The normalized spacial score (nSPS) is 16.1. The van der Waals surface area contributed by atoms with Gasteiger partial charge in [0.2, 0.25) is 11.5 Å². The highest BCUT2D eigenvalue weighted by atomic mass is 16.6. The number of oxime groups is 1. The lowest BCUT2D eigenvalue weighted by molar-refractivity contribution is 0.0853. The molecule has 0 spiro atoms.